The van der Waals surface area contributed by atoms with E-state index in [9.17, 15) is 4.79 Å². The summed E-state index contributed by atoms with van der Waals surface area (Å²) in [6, 6.07) is 13.6. The summed E-state index contributed by atoms with van der Waals surface area (Å²) in [7, 11) is 0. The number of nitrogens with zero attached hydrogens (tertiary/aromatic N) is 4. The van der Waals surface area contributed by atoms with E-state index in [0.29, 0.717) is 22.3 Å². The van der Waals surface area contributed by atoms with Crippen LogP contribution in [-0.4, -0.2) is 64.9 Å². The van der Waals surface area contributed by atoms with Gasteiger partial charge < -0.3 is 25.0 Å². The van der Waals surface area contributed by atoms with Crippen LogP contribution >= 0.6 is 23.2 Å². The maximum atomic E-state index is 11.5. The molecule has 0 radical (unpaired) electrons. The average Bonchev–Trinajstić information content (AvgIpc) is 3.23. The summed E-state index contributed by atoms with van der Waals surface area (Å²) in [4.78, 5) is 20.4. The number of hydrogen-bond acceptors (Lipinski definition) is 6. The predicted molar refractivity (Wildman–Crippen MR) is 137 cm³/mol. The van der Waals surface area contributed by atoms with Gasteiger partial charge in [-0.15, -0.1) is 0 Å². The molecule has 3 aromatic rings. The van der Waals surface area contributed by atoms with Gasteiger partial charge in [0.05, 0.1) is 23.4 Å². The molecule has 186 valence electrons. The number of ether oxygens (including phenoxy) is 1. The lowest BCUT2D eigenvalue weighted by atomic mass is 10.0. The molecule has 1 fully saturated rings. The highest BCUT2D eigenvalue weighted by molar-refractivity contribution is 6.33. The Morgan fingerprint density at radius 1 is 1.17 bits per heavy atom. The molecule has 1 aromatic heterocycles. The van der Waals surface area contributed by atoms with Crippen LogP contribution in [0.3, 0.4) is 0 Å². The molecule has 3 N–H and O–H groups in total. The first kappa shape index (κ1) is 25.3. The number of nitrogens with two attached hydrogens (primary N) is 1. The zero-order valence-electron chi connectivity index (χ0n) is 19.5. The van der Waals surface area contributed by atoms with Gasteiger partial charge in [-0.05, 0) is 36.8 Å². The van der Waals surface area contributed by atoms with Crippen LogP contribution in [0.25, 0.3) is 0 Å². The highest BCUT2D eigenvalue weighted by atomic mass is 35.5. The standard InChI is InChI=1S/C25H29Cl2N5O3/c1-17-29-22(25(28)34)15-31(17)10-8-30-9-11-32(24(16-30)18-2-4-19(26)5-3-18)23-7-6-20(14-21(23)27)35-13-12-33/h2-7,14-15,24,33H,8-13,16H2,1H3,(H2,28,34). The number of benzene rings is 2. The largest absolute Gasteiger partial charge is 0.491 e. The lowest BCUT2D eigenvalue weighted by Crippen LogP contribution is -2.49. The van der Waals surface area contributed by atoms with Crippen molar-refractivity contribution in [1.82, 2.24) is 14.5 Å². The fourth-order valence-electron chi connectivity index (χ4n) is 4.38. The van der Waals surface area contributed by atoms with E-state index >= 15 is 0 Å². The minimum Gasteiger partial charge on any atom is -0.491 e. The van der Waals surface area contributed by atoms with Crippen LogP contribution in [0.2, 0.25) is 10.0 Å². The molecule has 1 unspecified atom stereocenters. The van der Waals surface area contributed by atoms with Gasteiger partial charge in [0.2, 0.25) is 0 Å². The van der Waals surface area contributed by atoms with E-state index in [0.717, 1.165) is 43.3 Å². The van der Waals surface area contributed by atoms with E-state index in [1.807, 2.05) is 35.8 Å². The molecule has 0 saturated carbocycles. The van der Waals surface area contributed by atoms with Crippen molar-refractivity contribution in [3.63, 3.8) is 0 Å². The van der Waals surface area contributed by atoms with E-state index in [1.54, 1.807) is 12.3 Å². The Kier molecular flexibility index (Phi) is 8.18. The fraction of sp³-hybridized carbons (Fsp3) is 0.360. The molecule has 0 aliphatic carbocycles. The first-order chi connectivity index (χ1) is 16.9. The molecule has 2 aromatic carbocycles. The number of primary amides is 1. The molecule has 0 bridgehead atoms. The Hall–Kier alpha value is -2.78. The molecule has 8 nitrogen and oxygen atoms in total. The number of carbonyl (C=O) groups is 1. The van der Waals surface area contributed by atoms with Gasteiger partial charge in [-0.3, -0.25) is 9.69 Å². The smallest absolute Gasteiger partial charge is 0.268 e. The number of hydrogen-bond donors (Lipinski definition) is 2. The number of aliphatic hydroxyl groups is 1. The molecular weight excluding hydrogens is 489 g/mol. The van der Waals surface area contributed by atoms with E-state index < -0.39 is 5.91 Å². The van der Waals surface area contributed by atoms with Crippen LogP contribution < -0.4 is 15.4 Å². The van der Waals surface area contributed by atoms with Gasteiger partial charge >= 0.3 is 0 Å². The number of piperazine rings is 1. The fourth-order valence-corrected chi connectivity index (χ4v) is 4.78. The number of aromatic nitrogens is 2. The summed E-state index contributed by atoms with van der Waals surface area (Å²) in [6.45, 7) is 5.96. The molecule has 1 aliphatic rings. The lowest BCUT2D eigenvalue weighted by Gasteiger charge is -2.43. The van der Waals surface area contributed by atoms with Gasteiger partial charge in [0.15, 0.2) is 0 Å². The van der Waals surface area contributed by atoms with Gasteiger partial charge in [0.25, 0.3) is 5.91 Å². The normalized spacial score (nSPS) is 16.5. The van der Waals surface area contributed by atoms with E-state index in [1.165, 1.54) is 0 Å². The molecule has 1 aliphatic heterocycles. The van der Waals surface area contributed by atoms with E-state index in [-0.39, 0.29) is 24.9 Å². The second kappa shape index (κ2) is 11.3. The second-order valence-electron chi connectivity index (χ2n) is 8.48. The zero-order valence-corrected chi connectivity index (χ0v) is 21.0. The molecule has 4 rings (SSSR count). The van der Waals surface area contributed by atoms with Crippen LogP contribution in [0.1, 0.15) is 27.9 Å². The minimum absolute atomic E-state index is 0.0532. The number of carbonyl (C=O) groups excluding carboxylic acids is 1. The van der Waals surface area contributed by atoms with Crippen molar-refractivity contribution in [3.05, 3.63) is 75.8 Å². The van der Waals surface area contributed by atoms with Crippen molar-refractivity contribution in [2.45, 2.75) is 19.5 Å². The van der Waals surface area contributed by atoms with Crippen LogP contribution in [0, 0.1) is 6.92 Å². The highest BCUT2D eigenvalue weighted by Gasteiger charge is 2.30. The molecule has 1 atom stereocenters. The topological polar surface area (TPSA) is 96.8 Å². The second-order valence-corrected chi connectivity index (χ2v) is 9.32. The van der Waals surface area contributed by atoms with Crippen molar-refractivity contribution < 1.29 is 14.6 Å². The Morgan fingerprint density at radius 2 is 1.94 bits per heavy atom. The van der Waals surface area contributed by atoms with Crippen LogP contribution in [-0.2, 0) is 6.54 Å². The van der Waals surface area contributed by atoms with Crippen molar-refractivity contribution in [2.75, 3.05) is 44.3 Å². The Bertz CT molecular complexity index is 1170. The van der Waals surface area contributed by atoms with Crippen LogP contribution in [0.15, 0.2) is 48.7 Å². The summed E-state index contributed by atoms with van der Waals surface area (Å²) < 4.78 is 7.47. The van der Waals surface area contributed by atoms with Gasteiger partial charge in [0, 0.05) is 50.0 Å². The number of rotatable bonds is 9. The molecule has 35 heavy (non-hydrogen) atoms. The first-order valence-electron chi connectivity index (χ1n) is 11.5. The lowest BCUT2D eigenvalue weighted by molar-refractivity contribution is 0.0996. The molecular formula is C25H29Cl2N5O3. The zero-order chi connectivity index (χ0) is 24.9. The Balaban J connectivity index is 1.53. The maximum Gasteiger partial charge on any atom is 0.268 e. The first-order valence-corrected chi connectivity index (χ1v) is 12.2. The van der Waals surface area contributed by atoms with Gasteiger partial charge in [-0.1, -0.05) is 35.3 Å². The Morgan fingerprint density at radius 3 is 2.60 bits per heavy atom. The third kappa shape index (κ3) is 6.08. The summed E-state index contributed by atoms with van der Waals surface area (Å²) in [6.07, 6.45) is 1.71. The van der Waals surface area contributed by atoms with E-state index in [2.05, 4.69) is 26.9 Å². The molecule has 1 amide bonds. The highest BCUT2D eigenvalue weighted by Crippen LogP contribution is 2.37. The SMILES string of the molecule is Cc1nc(C(N)=O)cn1CCN1CCN(c2ccc(OCCO)cc2Cl)C(c2ccc(Cl)cc2)C1. The monoisotopic (exact) mass is 517 g/mol. The van der Waals surface area contributed by atoms with Crippen molar-refractivity contribution in [2.24, 2.45) is 5.73 Å². The molecule has 0 spiro atoms. The predicted octanol–water partition coefficient (Wildman–Crippen LogP) is 3.53. The van der Waals surface area contributed by atoms with Crippen LogP contribution in [0.4, 0.5) is 5.69 Å². The number of anilines is 1. The number of amides is 1. The van der Waals surface area contributed by atoms with Gasteiger partial charge in [-0.2, -0.15) is 0 Å². The molecule has 1 saturated heterocycles. The van der Waals surface area contributed by atoms with E-state index in [4.69, 9.17) is 38.8 Å². The quantitative estimate of drug-likeness (QED) is 0.450. The van der Waals surface area contributed by atoms with Crippen molar-refractivity contribution in [3.8, 4) is 5.75 Å². The average molecular weight is 518 g/mol. The number of aryl methyl sites for hydroxylation is 1. The van der Waals surface area contributed by atoms with Crippen LogP contribution in [0.5, 0.6) is 5.75 Å². The summed E-state index contributed by atoms with van der Waals surface area (Å²) in [5, 5.41) is 10.3. The minimum atomic E-state index is -0.520. The van der Waals surface area contributed by atoms with Crippen molar-refractivity contribution >= 4 is 34.8 Å². The number of halogens is 2. The van der Waals surface area contributed by atoms with Crippen molar-refractivity contribution in [1.29, 1.82) is 0 Å². The third-order valence-electron chi connectivity index (χ3n) is 6.19. The number of imidazole rings is 1. The van der Waals surface area contributed by atoms with Gasteiger partial charge in [-0.25, -0.2) is 4.98 Å². The summed E-state index contributed by atoms with van der Waals surface area (Å²) in [5.74, 6) is 0.871. The molecule has 2 heterocycles. The molecule has 10 heteroatoms. The summed E-state index contributed by atoms with van der Waals surface area (Å²) >= 11 is 12.8. The van der Waals surface area contributed by atoms with Gasteiger partial charge in [0.1, 0.15) is 23.9 Å². The summed E-state index contributed by atoms with van der Waals surface area (Å²) in [5.41, 5.74) is 7.73. The number of aliphatic hydroxyl groups excluding tert-OH is 1. The Labute approximate surface area is 214 Å². The third-order valence-corrected chi connectivity index (χ3v) is 6.75. The maximum absolute atomic E-state index is 11.5.